The Balaban J connectivity index is 1.54. The zero-order valence-electron chi connectivity index (χ0n) is 17.4. The Morgan fingerprint density at radius 2 is 2.06 bits per heavy atom. The molecule has 0 saturated carbocycles. The van der Waals surface area contributed by atoms with Crippen LogP contribution in [-0.4, -0.2) is 32.4 Å². The number of thiazole rings is 1. The van der Waals surface area contributed by atoms with Gasteiger partial charge in [0.25, 0.3) is 25.5 Å². The van der Waals surface area contributed by atoms with Crippen molar-refractivity contribution in [1.82, 2.24) is 0 Å². The number of aryl methyl sites for hydroxylation is 1. The molecule has 7 nitrogen and oxygen atoms in total. The van der Waals surface area contributed by atoms with Crippen LogP contribution in [0.15, 0.2) is 56.8 Å². The van der Waals surface area contributed by atoms with Gasteiger partial charge in [0, 0.05) is 11.4 Å². The second kappa shape index (κ2) is 8.11. The lowest BCUT2D eigenvalue weighted by molar-refractivity contribution is -0.641. The Morgan fingerprint density at radius 1 is 1.25 bits per heavy atom. The van der Waals surface area contributed by atoms with Crippen molar-refractivity contribution in [2.75, 3.05) is 24.3 Å². The Kier molecular flexibility index (Phi) is 5.40. The lowest BCUT2D eigenvalue weighted by atomic mass is 10.2. The van der Waals surface area contributed by atoms with Gasteiger partial charge in [0.15, 0.2) is 0 Å². The van der Waals surface area contributed by atoms with Gasteiger partial charge in [-0.15, -0.1) is 0 Å². The highest BCUT2D eigenvalue weighted by atomic mass is 32.2. The molecule has 2 aromatic heterocycles. The van der Waals surface area contributed by atoms with E-state index in [1.807, 2.05) is 43.4 Å². The van der Waals surface area contributed by atoms with Crippen LogP contribution in [0, 0.1) is 0 Å². The van der Waals surface area contributed by atoms with Crippen LogP contribution in [0.1, 0.15) is 11.4 Å². The number of para-hydroxylation sites is 1. The summed E-state index contributed by atoms with van der Waals surface area (Å²) in [6.45, 7) is 0.487. The van der Waals surface area contributed by atoms with E-state index in [9.17, 15) is 8.42 Å². The lowest BCUT2D eigenvalue weighted by Crippen LogP contribution is -2.29. The largest absolute Gasteiger partial charge is 0.497 e. The number of benzene rings is 2. The number of furan rings is 1. The van der Waals surface area contributed by atoms with E-state index in [0.29, 0.717) is 13.0 Å². The van der Waals surface area contributed by atoms with Crippen LogP contribution in [0.2, 0.25) is 0 Å². The molecule has 0 fully saturated rings. The van der Waals surface area contributed by atoms with E-state index in [4.69, 9.17) is 13.7 Å². The molecule has 0 radical (unpaired) electrons. The Labute approximate surface area is 193 Å². The van der Waals surface area contributed by atoms with Gasteiger partial charge in [0.2, 0.25) is 0 Å². The maximum atomic E-state index is 11.2. The number of rotatable bonds is 6. The summed E-state index contributed by atoms with van der Waals surface area (Å²) in [5.41, 5.74) is 2.86. The molecule has 1 N–H and O–H groups in total. The summed E-state index contributed by atoms with van der Waals surface area (Å²) in [5.74, 6) is 0.509. The summed E-state index contributed by atoms with van der Waals surface area (Å²) in [6.07, 6.45) is 2.43. The lowest BCUT2D eigenvalue weighted by Gasteiger charge is -2.19. The number of fused-ring (bicyclic) bond motifs is 4. The number of aromatic nitrogens is 1. The van der Waals surface area contributed by atoms with Crippen molar-refractivity contribution in [3.63, 3.8) is 0 Å². The standard InChI is InChI=1S/C22H20N2O5S3/c1-23-19(31-22-21(23)15-12-14(28-2)8-9-17(15)29-22)13-20-24(10-5-11-32(25,26)27)16-6-3-4-7-18(16)30-20/h3-4,6-9,12-13H,5,10-11H2,1-2H3/p+1. The maximum Gasteiger partial charge on any atom is 0.271 e. The molecule has 0 bridgehead atoms. The van der Waals surface area contributed by atoms with Crippen molar-refractivity contribution in [3.05, 3.63) is 52.5 Å². The Hall–Kier alpha value is -2.53. The van der Waals surface area contributed by atoms with Crippen LogP contribution < -0.4 is 14.2 Å². The summed E-state index contributed by atoms with van der Waals surface area (Å²) >= 11 is 3.21. The number of nitrogens with zero attached hydrogens (tertiary/aromatic N) is 2. The van der Waals surface area contributed by atoms with E-state index < -0.39 is 10.1 Å². The van der Waals surface area contributed by atoms with Gasteiger partial charge >= 0.3 is 0 Å². The van der Waals surface area contributed by atoms with Crippen LogP contribution in [0.4, 0.5) is 5.69 Å². The zero-order chi connectivity index (χ0) is 22.5. The molecular weight excluding hydrogens is 468 g/mol. The highest BCUT2D eigenvalue weighted by Crippen LogP contribution is 2.47. The minimum Gasteiger partial charge on any atom is -0.497 e. The molecule has 0 spiro atoms. The number of ether oxygens (including phenoxy) is 1. The molecule has 1 aliphatic heterocycles. The molecule has 0 atom stereocenters. The van der Waals surface area contributed by atoms with E-state index in [1.54, 1.807) is 30.2 Å². The third-order valence-corrected chi connectivity index (χ3v) is 8.35. The number of methoxy groups -OCH3 is 1. The zero-order valence-corrected chi connectivity index (χ0v) is 19.9. The number of hydrogen-bond acceptors (Lipinski definition) is 7. The molecule has 0 saturated heterocycles. The van der Waals surface area contributed by atoms with E-state index >= 15 is 0 Å². The van der Waals surface area contributed by atoms with Crippen molar-refractivity contribution in [3.8, 4) is 5.75 Å². The summed E-state index contributed by atoms with van der Waals surface area (Å²) in [4.78, 5) is 4.05. The predicted octanol–water partition coefficient (Wildman–Crippen LogP) is 4.67. The second-order valence-corrected chi connectivity index (χ2v) is 11.1. The fourth-order valence-corrected chi connectivity index (χ4v) is 6.61. The Morgan fingerprint density at radius 3 is 2.84 bits per heavy atom. The number of anilines is 1. The maximum absolute atomic E-state index is 11.2. The molecule has 3 heterocycles. The van der Waals surface area contributed by atoms with Crippen LogP contribution in [0.5, 0.6) is 5.75 Å². The minimum absolute atomic E-state index is 0.267. The topological polar surface area (TPSA) is 83.9 Å². The molecule has 2 aromatic carbocycles. The van der Waals surface area contributed by atoms with Gasteiger partial charge in [0.05, 0.1) is 35.0 Å². The van der Waals surface area contributed by atoms with Gasteiger partial charge in [-0.3, -0.25) is 4.55 Å². The first-order valence-corrected chi connectivity index (χ1v) is 13.2. The third-order valence-electron chi connectivity index (χ3n) is 5.37. The van der Waals surface area contributed by atoms with Crippen molar-refractivity contribution in [2.45, 2.75) is 11.3 Å². The van der Waals surface area contributed by atoms with E-state index in [1.165, 1.54) is 0 Å². The van der Waals surface area contributed by atoms with Crippen LogP contribution in [-0.2, 0) is 17.2 Å². The average Bonchev–Trinajstić information content (AvgIpc) is 3.38. The fourth-order valence-electron chi connectivity index (χ4n) is 3.86. The Bertz CT molecular complexity index is 1470. The van der Waals surface area contributed by atoms with Crippen molar-refractivity contribution in [2.24, 2.45) is 7.05 Å². The minimum atomic E-state index is -3.99. The summed E-state index contributed by atoms with van der Waals surface area (Å²) in [7, 11) is -0.335. The fraction of sp³-hybridized carbons (Fsp3) is 0.227. The summed E-state index contributed by atoms with van der Waals surface area (Å²) < 4.78 is 45.0. The van der Waals surface area contributed by atoms with Gasteiger partial charge in [-0.05, 0) is 48.1 Å². The first-order chi connectivity index (χ1) is 15.3. The van der Waals surface area contributed by atoms with E-state index in [2.05, 4.69) is 21.6 Å². The first kappa shape index (κ1) is 21.3. The van der Waals surface area contributed by atoms with Gasteiger partial charge < -0.3 is 14.1 Å². The first-order valence-electron chi connectivity index (χ1n) is 9.94. The van der Waals surface area contributed by atoms with Crippen LogP contribution in [0.25, 0.3) is 27.5 Å². The number of thioether (sulfide) groups is 1. The summed E-state index contributed by atoms with van der Waals surface area (Å²) in [5, 5.41) is 3.01. The summed E-state index contributed by atoms with van der Waals surface area (Å²) in [6, 6.07) is 13.8. The van der Waals surface area contributed by atoms with Gasteiger partial charge in [-0.1, -0.05) is 23.9 Å². The second-order valence-electron chi connectivity index (χ2n) is 7.44. The molecular formula is C22H21N2O5S3+. The predicted molar refractivity (Wildman–Crippen MR) is 128 cm³/mol. The molecule has 166 valence electrons. The molecule has 0 amide bonds. The number of hydrogen-bond donors (Lipinski definition) is 1. The third kappa shape index (κ3) is 3.88. The van der Waals surface area contributed by atoms with Crippen LogP contribution in [0.3, 0.4) is 0 Å². The molecule has 1 aliphatic rings. The SMILES string of the molecule is COc1ccc2oc3sc(/C=C4\Sc5ccccc5N4CCCS(=O)(=O)O)[n+](C)c3c2c1. The van der Waals surface area contributed by atoms with Crippen molar-refractivity contribution in [1.29, 1.82) is 0 Å². The van der Waals surface area contributed by atoms with E-state index in [-0.39, 0.29) is 5.75 Å². The molecule has 0 aliphatic carbocycles. The van der Waals surface area contributed by atoms with Crippen molar-refractivity contribution >= 4 is 66.4 Å². The molecule has 10 heteroatoms. The van der Waals surface area contributed by atoms with E-state index in [0.717, 1.165) is 47.8 Å². The van der Waals surface area contributed by atoms with Crippen LogP contribution >= 0.6 is 23.1 Å². The molecule has 5 rings (SSSR count). The molecule has 4 aromatic rings. The molecule has 0 unspecified atom stereocenters. The van der Waals surface area contributed by atoms with Gasteiger partial charge in [0.1, 0.15) is 18.4 Å². The molecule has 32 heavy (non-hydrogen) atoms. The normalized spacial score (nSPS) is 15.2. The van der Waals surface area contributed by atoms with Gasteiger partial charge in [-0.2, -0.15) is 13.0 Å². The highest BCUT2D eigenvalue weighted by molar-refractivity contribution is 8.03. The highest BCUT2D eigenvalue weighted by Gasteiger charge is 2.29. The van der Waals surface area contributed by atoms with Crippen molar-refractivity contribution < 1.29 is 26.7 Å². The quantitative estimate of drug-likeness (QED) is 0.311. The van der Waals surface area contributed by atoms with Gasteiger partial charge in [-0.25, -0.2) is 0 Å². The monoisotopic (exact) mass is 489 g/mol. The average molecular weight is 490 g/mol. The smallest absolute Gasteiger partial charge is 0.271 e.